The maximum absolute atomic E-state index is 12.7. The first-order valence-electron chi connectivity index (χ1n) is 8.32. The van der Waals surface area contributed by atoms with Crippen molar-refractivity contribution in [3.63, 3.8) is 0 Å². The number of aryl methyl sites for hydroxylation is 1. The van der Waals surface area contributed by atoms with E-state index in [4.69, 9.17) is 22.3 Å². The molecule has 2 N–H and O–H groups in total. The average molecular weight is 371 g/mol. The highest BCUT2D eigenvalue weighted by molar-refractivity contribution is 5.47. The predicted molar refractivity (Wildman–Crippen MR) is 99.9 cm³/mol. The van der Waals surface area contributed by atoms with Crippen LogP contribution in [0.25, 0.3) is 5.69 Å². The van der Waals surface area contributed by atoms with Gasteiger partial charge in [-0.25, -0.2) is 19.3 Å². The molecule has 0 bridgehead atoms. The summed E-state index contributed by atoms with van der Waals surface area (Å²) in [6, 6.07) is 4.85. The number of aromatic hydroxyl groups is 1. The summed E-state index contributed by atoms with van der Waals surface area (Å²) in [5.41, 5.74) is -0.191. The van der Waals surface area contributed by atoms with E-state index in [9.17, 15) is 14.7 Å². The van der Waals surface area contributed by atoms with Crippen LogP contribution in [0.5, 0.6) is 5.75 Å². The van der Waals surface area contributed by atoms with Gasteiger partial charge in [-0.05, 0) is 24.1 Å². The Balaban J connectivity index is 2.34. The van der Waals surface area contributed by atoms with Gasteiger partial charge in [0.1, 0.15) is 30.8 Å². The fourth-order valence-corrected chi connectivity index (χ4v) is 2.48. The lowest BCUT2D eigenvalue weighted by Gasteiger charge is -2.15. The Labute approximate surface area is 156 Å². The molecule has 0 aliphatic rings. The summed E-state index contributed by atoms with van der Waals surface area (Å²) in [4.78, 5) is 25.0. The molecule has 0 spiro atoms. The molecule has 8 nitrogen and oxygen atoms in total. The minimum atomic E-state index is -0.646. The second-order valence-corrected chi connectivity index (χ2v) is 5.68. The Morgan fingerprint density at radius 1 is 1.26 bits per heavy atom. The molecule has 0 radical (unpaired) electrons. The predicted octanol–water partition coefficient (Wildman–Crippen LogP) is 0.263. The van der Waals surface area contributed by atoms with Crippen LogP contribution < -0.4 is 11.4 Å². The van der Waals surface area contributed by atoms with Crippen molar-refractivity contribution in [3.8, 4) is 36.1 Å². The number of phenols is 1. The van der Waals surface area contributed by atoms with E-state index < -0.39 is 17.5 Å². The topological polar surface area (TPSA) is 98.5 Å². The number of hydrogen-bond acceptors (Lipinski definition) is 5. The number of hydrogen-bond donors (Lipinski definition) is 2. The van der Waals surface area contributed by atoms with Crippen molar-refractivity contribution in [1.82, 2.24) is 14.3 Å². The molecule has 27 heavy (non-hydrogen) atoms. The maximum Gasteiger partial charge on any atom is 0.351 e. The third-order valence-electron chi connectivity index (χ3n) is 3.84. The molecule has 1 atom stereocenters. The average Bonchev–Trinajstić information content (AvgIpc) is 2.94. The second kappa shape index (κ2) is 9.48. The van der Waals surface area contributed by atoms with Gasteiger partial charge < -0.3 is 14.6 Å². The van der Waals surface area contributed by atoms with E-state index >= 15 is 0 Å². The highest BCUT2D eigenvalue weighted by Gasteiger charge is 2.18. The largest absolute Gasteiger partial charge is 0.506 e. The molecular weight excluding hydrogens is 350 g/mol. The molecule has 1 unspecified atom stereocenters. The number of phenolic OH excluding ortho intramolecular Hbond substituents is 1. The SMILES string of the molecule is C#CCOCC(Cn1c(=O)[nH]n(-c2cc(CC)ccc2O)c1=O)OCC#C. The third kappa shape index (κ3) is 4.91. The first-order chi connectivity index (χ1) is 13.0. The van der Waals surface area contributed by atoms with Crippen LogP contribution in [0.4, 0.5) is 0 Å². The van der Waals surface area contributed by atoms with Crippen molar-refractivity contribution in [2.75, 3.05) is 19.8 Å². The normalized spacial score (nSPS) is 11.7. The summed E-state index contributed by atoms with van der Waals surface area (Å²) in [5.74, 6) is 4.52. The molecule has 1 heterocycles. The lowest BCUT2D eigenvalue weighted by Crippen LogP contribution is -2.36. The van der Waals surface area contributed by atoms with Crippen molar-refractivity contribution in [2.24, 2.45) is 0 Å². The first kappa shape index (κ1) is 20.1. The van der Waals surface area contributed by atoms with Crippen LogP contribution >= 0.6 is 0 Å². The van der Waals surface area contributed by atoms with Gasteiger partial charge in [-0.1, -0.05) is 24.8 Å². The monoisotopic (exact) mass is 371 g/mol. The summed E-state index contributed by atoms with van der Waals surface area (Å²) in [7, 11) is 0. The summed E-state index contributed by atoms with van der Waals surface area (Å²) >= 11 is 0. The van der Waals surface area contributed by atoms with Crippen LogP contribution in [0.1, 0.15) is 12.5 Å². The fraction of sp³-hybridized carbons (Fsp3) is 0.368. The molecule has 0 saturated heterocycles. The number of benzene rings is 1. The second-order valence-electron chi connectivity index (χ2n) is 5.68. The maximum atomic E-state index is 12.7. The van der Waals surface area contributed by atoms with E-state index in [0.29, 0.717) is 6.42 Å². The zero-order chi connectivity index (χ0) is 19.8. The Morgan fingerprint density at radius 3 is 2.67 bits per heavy atom. The van der Waals surface area contributed by atoms with E-state index in [-0.39, 0.29) is 37.8 Å². The summed E-state index contributed by atoms with van der Waals surface area (Å²) < 4.78 is 12.6. The molecule has 0 aliphatic heterocycles. The van der Waals surface area contributed by atoms with Crippen molar-refractivity contribution in [2.45, 2.75) is 26.0 Å². The summed E-state index contributed by atoms with van der Waals surface area (Å²) in [5, 5.41) is 12.5. The van der Waals surface area contributed by atoms with Gasteiger partial charge in [0, 0.05) is 0 Å². The number of nitrogens with zero attached hydrogens (tertiary/aromatic N) is 2. The molecule has 0 aliphatic carbocycles. The molecule has 0 saturated carbocycles. The third-order valence-corrected chi connectivity index (χ3v) is 3.84. The number of rotatable bonds is 9. The highest BCUT2D eigenvalue weighted by atomic mass is 16.5. The Kier molecular flexibility index (Phi) is 7.07. The van der Waals surface area contributed by atoms with Gasteiger partial charge in [0.25, 0.3) is 0 Å². The molecule has 142 valence electrons. The van der Waals surface area contributed by atoms with Crippen LogP contribution in [0.2, 0.25) is 0 Å². The first-order valence-corrected chi connectivity index (χ1v) is 8.32. The van der Waals surface area contributed by atoms with Crippen molar-refractivity contribution < 1.29 is 14.6 Å². The number of ether oxygens (including phenoxy) is 2. The van der Waals surface area contributed by atoms with E-state index in [1.165, 1.54) is 6.07 Å². The quantitative estimate of drug-likeness (QED) is 0.487. The van der Waals surface area contributed by atoms with Crippen LogP contribution in [0, 0.1) is 24.7 Å². The Bertz CT molecular complexity index is 971. The number of terminal acetylenes is 2. The zero-order valence-electron chi connectivity index (χ0n) is 15.0. The van der Waals surface area contributed by atoms with Gasteiger partial charge in [0.05, 0.1) is 13.2 Å². The Hall–Kier alpha value is -3.20. The fourth-order valence-electron chi connectivity index (χ4n) is 2.48. The van der Waals surface area contributed by atoms with E-state index in [1.807, 2.05) is 6.92 Å². The van der Waals surface area contributed by atoms with Crippen LogP contribution in [-0.4, -0.2) is 45.4 Å². The molecular formula is C19H21N3O5. The van der Waals surface area contributed by atoms with E-state index in [1.54, 1.807) is 12.1 Å². The summed E-state index contributed by atoms with van der Waals surface area (Å²) in [6.45, 7) is 1.99. The minimum absolute atomic E-state index is 0.00320. The van der Waals surface area contributed by atoms with Crippen LogP contribution in [0.3, 0.4) is 0 Å². The lowest BCUT2D eigenvalue weighted by atomic mass is 10.1. The van der Waals surface area contributed by atoms with Gasteiger partial charge in [-0.2, -0.15) is 4.68 Å². The van der Waals surface area contributed by atoms with Gasteiger partial charge in [0.2, 0.25) is 0 Å². The van der Waals surface area contributed by atoms with Gasteiger partial charge >= 0.3 is 11.4 Å². The molecule has 2 aromatic rings. The highest BCUT2D eigenvalue weighted by Crippen LogP contribution is 2.21. The zero-order valence-corrected chi connectivity index (χ0v) is 15.0. The van der Waals surface area contributed by atoms with Crippen molar-refractivity contribution >= 4 is 0 Å². The standard InChI is InChI=1S/C19H21N3O5/c1-4-9-26-13-15(27-10-5-2)12-21-18(24)20-22(19(21)25)16-11-14(6-3)7-8-17(16)23/h1-2,7-8,11,15,23H,6,9-10,12-13H2,3H3,(H,20,24). The van der Waals surface area contributed by atoms with Crippen molar-refractivity contribution in [3.05, 3.63) is 44.7 Å². The van der Waals surface area contributed by atoms with Gasteiger partial charge in [-0.15, -0.1) is 12.8 Å². The number of aromatic nitrogens is 3. The molecule has 8 heteroatoms. The van der Waals surface area contributed by atoms with Gasteiger partial charge in [0.15, 0.2) is 0 Å². The summed E-state index contributed by atoms with van der Waals surface area (Å²) in [6.07, 6.45) is 10.4. The number of aromatic amines is 1. The lowest BCUT2D eigenvalue weighted by molar-refractivity contribution is -0.00466. The molecule has 2 rings (SSSR count). The van der Waals surface area contributed by atoms with E-state index in [0.717, 1.165) is 14.8 Å². The van der Waals surface area contributed by atoms with Crippen molar-refractivity contribution in [1.29, 1.82) is 0 Å². The van der Waals surface area contributed by atoms with Gasteiger partial charge in [-0.3, -0.25) is 0 Å². The number of nitrogens with one attached hydrogen (secondary N) is 1. The van der Waals surface area contributed by atoms with Crippen LogP contribution in [-0.2, 0) is 22.4 Å². The van der Waals surface area contributed by atoms with Crippen LogP contribution in [0.15, 0.2) is 27.8 Å². The smallest absolute Gasteiger partial charge is 0.351 e. The molecule has 0 fully saturated rings. The molecule has 0 amide bonds. The number of H-pyrrole nitrogens is 1. The molecule has 1 aromatic carbocycles. The van der Waals surface area contributed by atoms with E-state index in [2.05, 4.69) is 16.9 Å². The minimum Gasteiger partial charge on any atom is -0.506 e. The molecule has 1 aromatic heterocycles. The Morgan fingerprint density at radius 2 is 2.00 bits per heavy atom.